The van der Waals surface area contributed by atoms with Gasteiger partial charge in [0.25, 0.3) is 0 Å². The van der Waals surface area contributed by atoms with E-state index in [4.69, 9.17) is 15.0 Å². The zero-order chi connectivity index (χ0) is 12.3. The highest BCUT2D eigenvalue weighted by atomic mass is 32.2. The first kappa shape index (κ1) is 12.9. The van der Waals surface area contributed by atoms with Crippen LogP contribution in [-0.4, -0.2) is 29.1 Å². The third kappa shape index (κ3) is 3.00. The van der Waals surface area contributed by atoms with Crippen molar-refractivity contribution in [2.24, 2.45) is 5.73 Å². The van der Waals surface area contributed by atoms with Crippen LogP contribution in [0.25, 0.3) is 0 Å². The minimum atomic E-state index is -0.680. The standard InChI is InChI=1S/C11H19N3O2S/c1-3-15-7-11(2,12)10-13-9(16-14-10)8-5-4-6-17-8/h8H,3-7,12H2,1-2H3. The van der Waals surface area contributed by atoms with E-state index >= 15 is 0 Å². The lowest BCUT2D eigenvalue weighted by molar-refractivity contribution is 0.0962. The van der Waals surface area contributed by atoms with E-state index in [1.165, 1.54) is 12.2 Å². The van der Waals surface area contributed by atoms with Gasteiger partial charge in [0.05, 0.1) is 11.9 Å². The van der Waals surface area contributed by atoms with Crippen molar-refractivity contribution in [3.63, 3.8) is 0 Å². The molecular weight excluding hydrogens is 238 g/mol. The third-order valence-electron chi connectivity index (χ3n) is 2.76. The van der Waals surface area contributed by atoms with Gasteiger partial charge in [-0.3, -0.25) is 0 Å². The van der Waals surface area contributed by atoms with Crippen molar-refractivity contribution in [3.8, 4) is 0 Å². The molecule has 2 heterocycles. The molecule has 1 saturated heterocycles. The maximum absolute atomic E-state index is 6.12. The summed E-state index contributed by atoms with van der Waals surface area (Å²) in [6, 6.07) is 0. The number of hydrogen-bond acceptors (Lipinski definition) is 6. The minimum Gasteiger partial charge on any atom is -0.379 e. The van der Waals surface area contributed by atoms with Gasteiger partial charge >= 0.3 is 0 Å². The number of thioether (sulfide) groups is 1. The first-order valence-electron chi connectivity index (χ1n) is 5.96. The highest BCUT2D eigenvalue weighted by molar-refractivity contribution is 7.99. The SMILES string of the molecule is CCOCC(C)(N)c1noc(C2CCCS2)n1. The molecule has 96 valence electrons. The van der Waals surface area contributed by atoms with Crippen molar-refractivity contribution in [1.82, 2.24) is 10.1 Å². The van der Waals surface area contributed by atoms with Gasteiger partial charge < -0.3 is 15.0 Å². The number of hydrogen-bond donors (Lipinski definition) is 1. The molecule has 0 aromatic carbocycles. The molecule has 2 atom stereocenters. The lowest BCUT2D eigenvalue weighted by atomic mass is 10.1. The monoisotopic (exact) mass is 257 g/mol. The summed E-state index contributed by atoms with van der Waals surface area (Å²) in [5.74, 6) is 2.41. The fraction of sp³-hybridized carbons (Fsp3) is 0.818. The molecule has 2 N–H and O–H groups in total. The molecule has 2 rings (SSSR count). The van der Waals surface area contributed by atoms with Crippen LogP contribution in [0.5, 0.6) is 0 Å². The molecule has 0 spiro atoms. The summed E-state index contributed by atoms with van der Waals surface area (Å²) < 4.78 is 10.6. The molecule has 1 aromatic heterocycles. The van der Waals surface area contributed by atoms with E-state index in [1.807, 2.05) is 25.6 Å². The molecule has 6 heteroatoms. The fourth-order valence-corrected chi connectivity index (χ4v) is 2.94. The molecule has 0 aliphatic carbocycles. The molecule has 1 fully saturated rings. The van der Waals surface area contributed by atoms with Crippen LogP contribution in [0.15, 0.2) is 4.52 Å². The second-order valence-corrected chi connectivity index (χ2v) is 5.82. The van der Waals surface area contributed by atoms with Crippen molar-refractivity contribution in [2.75, 3.05) is 19.0 Å². The average molecular weight is 257 g/mol. The highest BCUT2D eigenvalue weighted by Gasteiger charge is 2.30. The van der Waals surface area contributed by atoms with E-state index in [1.54, 1.807) is 0 Å². The van der Waals surface area contributed by atoms with Gasteiger partial charge in [0.15, 0.2) is 5.82 Å². The quantitative estimate of drug-likeness (QED) is 0.867. The highest BCUT2D eigenvalue weighted by Crippen LogP contribution is 2.39. The molecule has 0 radical (unpaired) electrons. The Morgan fingerprint density at radius 2 is 2.47 bits per heavy atom. The van der Waals surface area contributed by atoms with E-state index in [2.05, 4.69) is 10.1 Å². The van der Waals surface area contributed by atoms with Crippen LogP contribution in [0, 0.1) is 0 Å². The summed E-state index contributed by atoms with van der Waals surface area (Å²) >= 11 is 1.87. The Morgan fingerprint density at radius 1 is 1.65 bits per heavy atom. The molecule has 2 unspecified atom stereocenters. The predicted molar refractivity (Wildman–Crippen MR) is 66.8 cm³/mol. The molecule has 0 saturated carbocycles. The topological polar surface area (TPSA) is 74.2 Å². The van der Waals surface area contributed by atoms with Crippen molar-refractivity contribution in [2.45, 2.75) is 37.5 Å². The van der Waals surface area contributed by atoms with Crippen LogP contribution in [0.2, 0.25) is 0 Å². The number of ether oxygens (including phenoxy) is 1. The Balaban J connectivity index is 2.05. The van der Waals surface area contributed by atoms with Crippen LogP contribution >= 0.6 is 11.8 Å². The smallest absolute Gasteiger partial charge is 0.239 e. The van der Waals surface area contributed by atoms with Gasteiger partial charge in [-0.25, -0.2) is 0 Å². The number of nitrogens with zero attached hydrogens (tertiary/aromatic N) is 2. The van der Waals surface area contributed by atoms with Gasteiger partial charge in [-0.2, -0.15) is 4.98 Å². The predicted octanol–water partition coefficient (Wildman–Crippen LogP) is 1.85. The molecule has 1 aliphatic rings. The van der Waals surface area contributed by atoms with Gasteiger partial charge in [0, 0.05) is 6.61 Å². The first-order chi connectivity index (χ1) is 8.13. The van der Waals surface area contributed by atoms with Crippen molar-refractivity contribution < 1.29 is 9.26 Å². The van der Waals surface area contributed by atoms with E-state index in [-0.39, 0.29) is 0 Å². The lowest BCUT2D eigenvalue weighted by Crippen LogP contribution is -2.39. The van der Waals surface area contributed by atoms with Gasteiger partial charge in [0.2, 0.25) is 5.89 Å². The van der Waals surface area contributed by atoms with E-state index in [9.17, 15) is 0 Å². The van der Waals surface area contributed by atoms with Crippen molar-refractivity contribution >= 4 is 11.8 Å². The zero-order valence-corrected chi connectivity index (χ0v) is 11.1. The van der Waals surface area contributed by atoms with E-state index in [0.29, 0.717) is 30.2 Å². The van der Waals surface area contributed by atoms with Crippen molar-refractivity contribution in [1.29, 1.82) is 0 Å². The van der Waals surface area contributed by atoms with Crippen LogP contribution in [0.3, 0.4) is 0 Å². The van der Waals surface area contributed by atoms with Crippen LogP contribution < -0.4 is 5.73 Å². The number of aromatic nitrogens is 2. The summed E-state index contributed by atoms with van der Waals surface area (Å²) in [7, 11) is 0. The number of rotatable bonds is 5. The summed E-state index contributed by atoms with van der Waals surface area (Å²) in [5.41, 5.74) is 5.44. The minimum absolute atomic E-state index is 0.346. The Bertz CT molecular complexity index is 361. The van der Waals surface area contributed by atoms with Gasteiger partial charge in [0.1, 0.15) is 5.54 Å². The molecule has 1 aromatic rings. The van der Waals surface area contributed by atoms with Crippen LogP contribution in [0.1, 0.15) is 43.7 Å². The number of nitrogens with two attached hydrogens (primary N) is 1. The maximum atomic E-state index is 6.12. The summed E-state index contributed by atoms with van der Waals surface area (Å²) in [4.78, 5) is 4.41. The molecule has 0 bridgehead atoms. The normalized spacial score (nSPS) is 23.8. The Hall–Kier alpha value is -0.590. The lowest BCUT2D eigenvalue weighted by Gasteiger charge is -2.19. The van der Waals surface area contributed by atoms with Crippen LogP contribution in [-0.2, 0) is 10.3 Å². The second-order valence-electron chi connectivity index (χ2n) is 4.51. The Kier molecular flexibility index (Phi) is 4.06. The third-order valence-corrected chi connectivity index (χ3v) is 4.13. The van der Waals surface area contributed by atoms with Crippen LogP contribution in [0.4, 0.5) is 0 Å². The molecule has 1 aliphatic heterocycles. The summed E-state index contributed by atoms with van der Waals surface area (Å²) in [6.07, 6.45) is 2.32. The van der Waals surface area contributed by atoms with Gasteiger partial charge in [-0.15, -0.1) is 11.8 Å². The van der Waals surface area contributed by atoms with E-state index in [0.717, 1.165) is 6.42 Å². The summed E-state index contributed by atoms with van der Waals surface area (Å²) in [5, 5.41) is 4.33. The zero-order valence-electron chi connectivity index (χ0n) is 10.3. The molecule has 17 heavy (non-hydrogen) atoms. The molecule has 5 nitrogen and oxygen atoms in total. The van der Waals surface area contributed by atoms with Gasteiger partial charge in [-0.1, -0.05) is 5.16 Å². The largest absolute Gasteiger partial charge is 0.379 e. The molecule has 0 amide bonds. The fourth-order valence-electron chi connectivity index (χ4n) is 1.75. The maximum Gasteiger partial charge on any atom is 0.239 e. The van der Waals surface area contributed by atoms with E-state index < -0.39 is 5.54 Å². The summed E-state index contributed by atoms with van der Waals surface area (Å²) in [6.45, 7) is 4.84. The molecular formula is C11H19N3O2S. The van der Waals surface area contributed by atoms with Gasteiger partial charge in [-0.05, 0) is 32.4 Å². The Morgan fingerprint density at radius 3 is 3.12 bits per heavy atom. The average Bonchev–Trinajstić information content (AvgIpc) is 2.95. The Labute approximate surface area is 105 Å². The first-order valence-corrected chi connectivity index (χ1v) is 7.00. The van der Waals surface area contributed by atoms with Crippen molar-refractivity contribution in [3.05, 3.63) is 11.7 Å². The second kappa shape index (κ2) is 5.37.